The SMILES string of the molecule is COc1cccc(Sc2ccnc(C(=O)O)c2)n1. The van der Waals surface area contributed by atoms with E-state index in [0.29, 0.717) is 5.88 Å². The van der Waals surface area contributed by atoms with E-state index in [1.54, 1.807) is 19.2 Å². The summed E-state index contributed by atoms with van der Waals surface area (Å²) >= 11 is 1.35. The Bertz CT molecular complexity index is 575. The van der Waals surface area contributed by atoms with Gasteiger partial charge in [-0.1, -0.05) is 17.8 Å². The Morgan fingerprint density at radius 3 is 2.94 bits per heavy atom. The quantitative estimate of drug-likeness (QED) is 0.911. The van der Waals surface area contributed by atoms with Crippen molar-refractivity contribution in [3.05, 3.63) is 42.2 Å². The van der Waals surface area contributed by atoms with Crippen molar-refractivity contribution in [2.24, 2.45) is 0 Å². The fourth-order valence-corrected chi connectivity index (χ4v) is 2.10. The highest BCUT2D eigenvalue weighted by Crippen LogP contribution is 2.27. The number of hydrogen-bond acceptors (Lipinski definition) is 5. The minimum Gasteiger partial charge on any atom is -0.481 e. The number of aromatic carboxylic acids is 1. The number of carboxylic acids is 1. The molecule has 2 aromatic heterocycles. The average Bonchev–Trinajstić information content (AvgIpc) is 2.39. The number of nitrogens with zero attached hydrogens (tertiary/aromatic N) is 2. The largest absolute Gasteiger partial charge is 0.481 e. The molecule has 0 aliphatic heterocycles. The van der Waals surface area contributed by atoms with Crippen LogP contribution >= 0.6 is 11.8 Å². The Kier molecular flexibility index (Phi) is 3.78. The van der Waals surface area contributed by atoms with Gasteiger partial charge in [0.2, 0.25) is 5.88 Å². The van der Waals surface area contributed by atoms with Crippen LogP contribution in [0.2, 0.25) is 0 Å². The molecule has 0 radical (unpaired) electrons. The van der Waals surface area contributed by atoms with Crippen molar-refractivity contribution in [3.8, 4) is 5.88 Å². The van der Waals surface area contributed by atoms with E-state index in [4.69, 9.17) is 9.84 Å². The molecule has 1 N–H and O–H groups in total. The van der Waals surface area contributed by atoms with Crippen LogP contribution in [0.25, 0.3) is 0 Å². The molecule has 0 atom stereocenters. The van der Waals surface area contributed by atoms with E-state index < -0.39 is 5.97 Å². The van der Waals surface area contributed by atoms with Crippen LogP contribution in [0.15, 0.2) is 46.5 Å². The molecule has 0 saturated carbocycles. The summed E-state index contributed by atoms with van der Waals surface area (Å²) in [5.41, 5.74) is 0.0166. The highest BCUT2D eigenvalue weighted by Gasteiger charge is 2.07. The molecule has 2 aromatic rings. The molecule has 0 aliphatic carbocycles. The summed E-state index contributed by atoms with van der Waals surface area (Å²) in [7, 11) is 1.55. The third-order valence-electron chi connectivity index (χ3n) is 2.08. The van der Waals surface area contributed by atoms with Gasteiger partial charge in [0.05, 0.1) is 7.11 Å². The van der Waals surface area contributed by atoms with Crippen LogP contribution in [0, 0.1) is 0 Å². The zero-order valence-corrected chi connectivity index (χ0v) is 10.3. The predicted octanol–water partition coefficient (Wildman–Crippen LogP) is 2.33. The van der Waals surface area contributed by atoms with Crippen molar-refractivity contribution in [2.45, 2.75) is 9.92 Å². The minimum absolute atomic E-state index is 0.0166. The summed E-state index contributed by atoms with van der Waals surface area (Å²) < 4.78 is 5.02. The highest BCUT2D eigenvalue weighted by atomic mass is 32.2. The summed E-state index contributed by atoms with van der Waals surface area (Å²) in [6, 6.07) is 8.65. The molecule has 2 heterocycles. The molecule has 0 amide bonds. The first-order chi connectivity index (χ1) is 8.69. The Morgan fingerprint density at radius 2 is 2.22 bits per heavy atom. The van der Waals surface area contributed by atoms with E-state index in [0.717, 1.165) is 9.92 Å². The maximum atomic E-state index is 10.8. The van der Waals surface area contributed by atoms with Crippen LogP contribution in [0.3, 0.4) is 0 Å². The number of ether oxygens (including phenoxy) is 1. The molecule has 18 heavy (non-hydrogen) atoms. The minimum atomic E-state index is -1.05. The van der Waals surface area contributed by atoms with Crippen molar-refractivity contribution < 1.29 is 14.6 Å². The summed E-state index contributed by atoms with van der Waals surface area (Å²) in [4.78, 5) is 19.6. The van der Waals surface area contributed by atoms with Crippen LogP contribution in [-0.2, 0) is 0 Å². The highest BCUT2D eigenvalue weighted by molar-refractivity contribution is 7.99. The summed E-state index contributed by atoms with van der Waals surface area (Å²) in [6.45, 7) is 0. The number of methoxy groups -OCH3 is 1. The first-order valence-corrected chi connectivity index (χ1v) is 5.89. The van der Waals surface area contributed by atoms with Crippen molar-refractivity contribution in [3.63, 3.8) is 0 Å². The van der Waals surface area contributed by atoms with Crippen LogP contribution in [0.4, 0.5) is 0 Å². The molecule has 0 saturated heterocycles. The van der Waals surface area contributed by atoms with Crippen LogP contribution in [0.5, 0.6) is 5.88 Å². The van der Waals surface area contributed by atoms with Gasteiger partial charge in [0.1, 0.15) is 10.7 Å². The molecule has 6 heteroatoms. The Hall–Kier alpha value is -2.08. The first-order valence-electron chi connectivity index (χ1n) is 5.07. The Morgan fingerprint density at radius 1 is 1.39 bits per heavy atom. The second-order valence-electron chi connectivity index (χ2n) is 3.30. The molecule has 0 unspecified atom stereocenters. The summed E-state index contributed by atoms with van der Waals surface area (Å²) in [6.07, 6.45) is 1.46. The number of carboxylic acid groups (broad SMARTS) is 1. The van der Waals surface area contributed by atoms with Gasteiger partial charge in [0.25, 0.3) is 0 Å². The second kappa shape index (κ2) is 5.50. The lowest BCUT2D eigenvalue weighted by molar-refractivity contribution is 0.0690. The standard InChI is InChI=1S/C12H10N2O3S/c1-17-10-3-2-4-11(14-10)18-8-5-6-13-9(7-8)12(15)16/h2-7H,1H3,(H,15,16). The molecule has 2 rings (SSSR count). The van der Waals surface area contributed by atoms with E-state index in [9.17, 15) is 4.79 Å². The third kappa shape index (κ3) is 2.98. The molecule has 92 valence electrons. The fourth-order valence-electron chi connectivity index (χ4n) is 1.28. The van der Waals surface area contributed by atoms with Gasteiger partial charge in [-0.05, 0) is 18.2 Å². The molecule has 0 spiro atoms. The molecule has 0 aliphatic rings. The van der Waals surface area contributed by atoms with Crippen LogP contribution in [-0.4, -0.2) is 28.2 Å². The first kappa shape index (κ1) is 12.4. The van der Waals surface area contributed by atoms with E-state index >= 15 is 0 Å². The van der Waals surface area contributed by atoms with Gasteiger partial charge in [-0.25, -0.2) is 14.8 Å². The van der Waals surface area contributed by atoms with Crippen molar-refractivity contribution in [1.29, 1.82) is 0 Å². The topological polar surface area (TPSA) is 72.3 Å². The maximum absolute atomic E-state index is 10.8. The number of hydrogen-bond donors (Lipinski definition) is 1. The lowest BCUT2D eigenvalue weighted by atomic mass is 10.3. The molecule has 0 aromatic carbocycles. The Balaban J connectivity index is 2.22. The number of carbonyl (C=O) groups is 1. The molecule has 5 nitrogen and oxygen atoms in total. The second-order valence-corrected chi connectivity index (χ2v) is 4.40. The summed E-state index contributed by atoms with van der Waals surface area (Å²) in [5, 5.41) is 9.58. The van der Waals surface area contributed by atoms with Gasteiger partial charge in [-0.2, -0.15) is 0 Å². The van der Waals surface area contributed by atoms with Gasteiger partial charge in [0, 0.05) is 17.2 Å². The molecular weight excluding hydrogens is 252 g/mol. The van der Waals surface area contributed by atoms with Crippen molar-refractivity contribution in [2.75, 3.05) is 7.11 Å². The summed E-state index contributed by atoms with van der Waals surface area (Å²) in [5.74, 6) is -0.524. The van der Waals surface area contributed by atoms with Gasteiger partial charge < -0.3 is 9.84 Å². The van der Waals surface area contributed by atoms with Gasteiger partial charge in [-0.3, -0.25) is 0 Å². The predicted molar refractivity (Wildman–Crippen MR) is 66.1 cm³/mol. The van der Waals surface area contributed by atoms with Crippen molar-refractivity contribution >= 4 is 17.7 Å². The smallest absolute Gasteiger partial charge is 0.354 e. The maximum Gasteiger partial charge on any atom is 0.354 e. The van der Waals surface area contributed by atoms with E-state index in [1.807, 2.05) is 12.1 Å². The molecule has 0 bridgehead atoms. The average molecular weight is 262 g/mol. The van der Waals surface area contributed by atoms with Crippen LogP contribution < -0.4 is 4.74 Å². The van der Waals surface area contributed by atoms with E-state index in [-0.39, 0.29) is 5.69 Å². The number of pyridine rings is 2. The molecule has 0 fully saturated rings. The van der Waals surface area contributed by atoms with Crippen molar-refractivity contribution in [1.82, 2.24) is 9.97 Å². The lowest BCUT2D eigenvalue weighted by Gasteiger charge is -2.03. The molecular formula is C12H10N2O3S. The fraction of sp³-hybridized carbons (Fsp3) is 0.0833. The van der Waals surface area contributed by atoms with E-state index in [1.165, 1.54) is 24.0 Å². The number of rotatable bonds is 4. The zero-order valence-electron chi connectivity index (χ0n) is 9.53. The monoisotopic (exact) mass is 262 g/mol. The van der Waals surface area contributed by atoms with E-state index in [2.05, 4.69) is 9.97 Å². The zero-order chi connectivity index (χ0) is 13.0. The van der Waals surface area contributed by atoms with Gasteiger partial charge >= 0.3 is 5.97 Å². The number of aromatic nitrogens is 2. The lowest BCUT2D eigenvalue weighted by Crippen LogP contribution is -1.99. The normalized spacial score (nSPS) is 10.1. The van der Waals surface area contributed by atoms with Gasteiger partial charge in [0.15, 0.2) is 0 Å². The van der Waals surface area contributed by atoms with Crippen LogP contribution in [0.1, 0.15) is 10.5 Å². The van der Waals surface area contributed by atoms with Gasteiger partial charge in [-0.15, -0.1) is 0 Å². The Labute approximate surface area is 108 Å². The third-order valence-corrected chi connectivity index (χ3v) is 3.01.